The maximum absolute atomic E-state index is 11.5. The minimum Gasteiger partial charge on any atom is -0.462 e. The number of thiophene rings is 1. The smallest absolute Gasteiger partial charge is 0.348 e. The van der Waals surface area contributed by atoms with E-state index in [1.165, 1.54) is 17.5 Å². The summed E-state index contributed by atoms with van der Waals surface area (Å²) >= 11 is 1.21. The van der Waals surface area contributed by atoms with E-state index in [9.17, 15) is 9.59 Å². The molecule has 0 fully saturated rings. The molecule has 0 atom stereocenters. The maximum Gasteiger partial charge on any atom is 0.348 e. The fourth-order valence-corrected chi connectivity index (χ4v) is 2.10. The normalized spacial score (nSPS) is 10.2. The second kappa shape index (κ2) is 5.53. The molecule has 0 aliphatic carbocycles. The molecule has 2 rings (SSSR count). The average Bonchev–Trinajstić information content (AvgIpc) is 2.83. The molecule has 2 aromatic rings. The van der Waals surface area contributed by atoms with Crippen molar-refractivity contribution in [2.75, 3.05) is 17.7 Å². The van der Waals surface area contributed by atoms with Crippen LogP contribution in [0.1, 0.15) is 16.6 Å². The summed E-state index contributed by atoms with van der Waals surface area (Å²) in [6.45, 7) is 2.07. The molecule has 0 spiro atoms. The lowest BCUT2D eigenvalue weighted by Gasteiger charge is -2.01. The fourth-order valence-electron chi connectivity index (χ4n) is 1.30. The van der Waals surface area contributed by atoms with Crippen molar-refractivity contribution < 1.29 is 9.53 Å². The Balaban J connectivity index is 2.13. The van der Waals surface area contributed by atoms with Gasteiger partial charge in [-0.1, -0.05) is 0 Å². The predicted octanol–water partition coefficient (Wildman–Crippen LogP) is 1.33. The number of rotatable bonds is 4. The first-order chi connectivity index (χ1) is 9.10. The van der Waals surface area contributed by atoms with Gasteiger partial charge in [-0.15, -0.1) is 11.3 Å². The summed E-state index contributed by atoms with van der Waals surface area (Å²) in [7, 11) is 0. The number of hydrogen-bond donors (Lipinski definition) is 3. The number of ether oxygens (including phenoxy) is 1. The molecule has 19 heavy (non-hydrogen) atoms. The van der Waals surface area contributed by atoms with E-state index in [4.69, 9.17) is 10.5 Å². The molecule has 8 heteroatoms. The molecule has 0 aromatic carbocycles. The van der Waals surface area contributed by atoms with Gasteiger partial charge in [0.25, 0.3) is 5.56 Å². The van der Waals surface area contributed by atoms with Crippen molar-refractivity contribution in [3.8, 4) is 0 Å². The van der Waals surface area contributed by atoms with Gasteiger partial charge in [0.05, 0.1) is 17.8 Å². The van der Waals surface area contributed by atoms with Crippen LogP contribution in [0.25, 0.3) is 0 Å². The highest BCUT2D eigenvalue weighted by Gasteiger charge is 2.10. The van der Waals surface area contributed by atoms with Crippen molar-refractivity contribution in [2.24, 2.45) is 0 Å². The van der Waals surface area contributed by atoms with Crippen LogP contribution < -0.4 is 16.6 Å². The Morgan fingerprint density at radius 1 is 1.58 bits per heavy atom. The van der Waals surface area contributed by atoms with Crippen LogP contribution in [-0.4, -0.2) is 22.5 Å². The molecule has 0 aliphatic rings. The number of aromatic nitrogens is 2. The van der Waals surface area contributed by atoms with Gasteiger partial charge in [-0.3, -0.25) is 9.78 Å². The molecule has 0 radical (unpaired) electrons. The second-order valence-electron chi connectivity index (χ2n) is 3.53. The quantitative estimate of drug-likeness (QED) is 0.729. The second-order valence-corrected chi connectivity index (χ2v) is 4.61. The van der Waals surface area contributed by atoms with Crippen molar-refractivity contribution in [2.45, 2.75) is 6.92 Å². The number of esters is 1. The lowest BCUT2D eigenvalue weighted by Crippen LogP contribution is -2.14. The van der Waals surface area contributed by atoms with Crippen LogP contribution in [0, 0.1) is 0 Å². The van der Waals surface area contributed by atoms with Gasteiger partial charge in [0, 0.05) is 0 Å². The Labute approximate surface area is 112 Å². The minimum atomic E-state index is -0.417. The maximum atomic E-state index is 11.5. The van der Waals surface area contributed by atoms with E-state index in [2.05, 4.69) is 15.3 Å². The topological polar surface area (TPSA) is 110 Å². The van der Waals surface area contributed by atoms with Crippen LogP contribution in [0.3, 0.4) is 0 Å². The van der Waals surface area contributed by atoms with Crippen LogP contribution in [0.5, 0.6) is 0 Å². The SMILES string of the molecule is CCOC(=O)c1ccc(Nc2ncc(N)c(=O)[nH]2)s1. The summed E-state index contributed by atoms with van der Waals surface area (Å²) in [6.07, 6.45) is 1.26. The van der Waals surface area contributed by atoms with E-state index in [-0.39, 0.29) is 17.6 Å². The summed E-state index contributed by atoms with van der Waals surface area (Å²) in [5.41, 5.74) is 5.00. The van der Waals surface area contributed by atoms with Crippen molar-refractivity contribution in [1.82, 2.24) is 9.97 Å². The molecule has 0 amide bonds. The number of H-pyrrole nitrogens is 1. The number of carbonyl (C=O) groups is 1. The van der Waals surface area contributed by atoms with Gasteiger partial charge in [-0.2, -0.15) is 0 Å². The largest absolute Gasteiger partial charge is 0.462 e. The zero-order valence-corrected chi connectivity index (χ0v) is 10.9. The number of nitrogens with two attached hydrogens (primary N) is 1. The summed E-state index contributed by atoms with van der Waals surface area (Å²) in [6, 6.07) is 3.34. The Hall–Kier alpha value is -2.35. The number of nitrogen functional groups attached to an aromatic ring is 1. The molecule has 0 unspecified atom stereocenters. The third kappa shape index (κ3) is 3.10. The lowest BCUT2D eigenvalue weighted by molar-refractivity contribution is 0.0532. The van der Waals surface area contributed by atoms with E-state index >= 15 is 0 Å². The Kier molecular flexibility index (Phi) is 3.81. The van der Waals surface area contributed by atoms with Gasteiger partial charge >= 0.3 is 5.97 Å². The molecule has 2 heterocycles. The zero-order chi connectivity index (χ0) is 13.8. The number of aromatic amines is 1. The van der Waals surface area contributed by atoms with Gasteiger partial charge < -0.3 is 15.8 Å². The molecule has 4 N–H and O–H groups in total. The number of nitrogens with zero attached hydrogens (tertiary/aromatic N) is 1. The van der Waals surface area contributed by atoms with Gasteiger partial charge in [0.15, 0.2) is 0 Å². The van der Waals surface area contributed by atoms with Gasteiger partial charge in [0.1, 0.15) is 10.6 Å². The fraction of sp³-hybridized carbons (Fsp3) is 0.182. The van der Waals surface area contributed by atoms with E-state index in [1.54, 1.807) is 19.1 Å². The van der Waals surface area contributed by atoms with Crippen LogP contribution in [0.2, 0.25) is 0 Å². The van der Waals surface area contributed by atoms with E-state index < -0.39 is 5.56 Å². The number of anilines is 3. The van der Waals surface area contributed by atoms with Gasteiger partial charge in [0.2, 0.25) is 5.95 Å². The summed E-state index contributed by atoms with van der Waals surface area (Å²) < 4.78 is 4.88. The molecule has 0 saturated heterocycles. The molecular formula is C11H12N4O3S. The predicted molar refractivity (Wildman–Crippen MR) is 72.8 cm³/mol. The molecule has 7 nitrogen and oxygen atoms in total. The highest BCUT2D eigenvalue weighted by Crippen LogP contribution is 2.24. The van der Waals surface area contributed by atoms with Gasteiger partial charge in [-0.05, 0) is 19.1 Å². The minimum absolute atomic E-state index is 0.0453. The Morgan fingerprint density at radius 3 is 3.05 bits per heavy atom. The summed E-state index contributed by atoms with van der Waals surface area (Å²) in [4.78, 5) is 29.7. The first-order valence-corrected chi connectivity index (χ1v) is 6.30. The van der Waals surface area contributed by atoms with Crippen molar-refractivity contribution >= 4 is 33.9 Å². The van der Waals surface area contributed by atoms with Crippen LogP contribution in [0.4, 0.5) is 16.6 Å². The Bertz CT molecular complexity index is 649. The van der Waals surface area contributed by atoms with Gasteiger partial charge in [-0.25, -0.2) is 9.78 Å². The highest BCUT2D eigenvalue weighted by atomic mass is 32.1. The van der Waals surface area contributed by atoms with Crippen LogP contribution >= 0.6 is 11.3 Å². The number of hydrogen-bond acceptors (Lipinski definition) is 7. The van der Waals surface area contributed by atoms with E-state index in [0.29, 0.717) is 16.5 Å². The highest BCUT2D eigenvalue weighted by molar-refractivity contribution is 7.17. The summed E-state index contributed by atoms with van der Waals surface area (Å²) in [5, 5.41) is 3.54. The standard InChI is InChI=1S/C11H12N4O3S/c1-2-18-10(17)7-3-4-8(19-7)14-11-13-5-6(12)9(16)15-11/h3-5H,2,12H2,1H3,(H2,13,14,15,16). The molecule has 2 aromatic heterocycles. The lowest BCUT2D eigenvalue weighted by atomic mass is 10.5. The molecule has 0 saturated carbocycles. The van der Waals surface area contributed by atoms with Crippen LogP contribution in [0.15, 0.2) is 23.1 Å². The third-order valence-electron chi connectivity index (χ3n) is 2.15. The molecule has 0 aliphatic heterocycles. The first kappa shape index (κ1) is 13.1. The zero-order valence-electron chi connectivity index (χ0n) is 10.1. The van der Waals surface area contributed by atoms with E-state index in [0.717, 1.165) is 0 Å². The van der Waals surface area contributed by atoms with Crippen molar-refractivity contribution in [3.05, 3.63) is 33.6 Å². The molecule has 0 bridgehead atoms. The first-order valence-electron chi connectivity index (χ1n) is 5.49. The Morgan fingerprint density at radius 2 is 2.37 bits per heavy atom. The number of nitrogens with one attached hydrogen (secondary N) is 2. The average molecular weight is 280 g/mol. The third-order valence-corrected chi connectivity index (χ3v) is 3.13. The van der Waals surface area contributed by atoms with Crippen molar-refractivity contribution in [1.29, 1.82) is 0 Å². The van der Waals surface area contributed by atoms with E-state index in [1.807, 2.05) is 0 Å². The number of carbonyl (C=O) groups excluding carboxylic acids is 1. The van der Waals surface area contributed by atoms with Crippen molar-refractivity contribution in [3.63, 3.8) is 0 Å². The molecule has 100 valence electrons. The molecular weight excluding hydrogens is 268 g/mol. The van der Waals surface area contributed by atoms with Crippen LogP contribution in [-0.2, 0) is 4.74 Å². The monoisotopic (exact) mass is 280 g/mol. The summed E-state index contributed by atoms with van der Waals surface area (Å²) in [5.74, 6) is -0.115.